The molecule has 9 unspecified atom stereocenters. The maximum Gasteiger partial charge on any atom is 0.309 e. The summed E-state index contributed by atoms with van der Waals surface area (Å²) in [5, 5.41) is 32.1. The lowest BCUT2D eigenvalue weighted by molar-refractivity contribution is -0.145. The SMILES string of the molecule is CCCCCCCCCCC(O)C1CCC(C(O)CCC(O)C2CCC(CCCCCCC3CC(CC(C)=O)C(=O)O3)O2)O1. The van der Waals surface area contributed by atoms with Gasteiger partial charge in [-0.1, -0.05) is 77.6 Å². The van der Waals surface area contributed by atoms with Crippen LogP contribution in [0.3, 0.4) is 0 Å². The molecule has 0 saturated carbocycles. The average molecular weight is 625 g/mol. The largest absolute Gasteiger partial charge is 0.462 e. The molecular formula is C36H64O8. The van der Waals surface area contributed by atoms with Gasteiger partial charge in [-0.3, -0.25) is 4.79 Å². The molecule has 3 rings (SSSR count). The van der Waals surface area contributed by atoms with Crippen LogP contribution in [0.5, 0.6) is 0 Å². The Kier molecular flexibility index (Phi) is 17.8. The van der Waals surface area contributed by atoms with Crippen LogP contribution >= 0.6 is 0 Å². The summed E-state index contributed by atoms with van der Waals surface area (Å²) in [5.41, 5.74) is 0. The van der Waals surface area contributed by atoms with Crippen molar-refractivity contribution in [2.45, 2.75) is 210 Å². The van der Waals surface area contributed by atoms with Crippen LogP contribution in [0.15, 0.2) is 0 Å². The van der Waals surface area contributed by atoms with E-state index in [2.05, 4.69) is 6.92 Å². The van der Waals surface area contributed by atoms with Gasteiger partial charge in [0.15, 0.2) is 0 Å². The van der Waals surface area contributed by atoms with Crippen LogP contribution in [0.1, 0.15) is 162 Å². The third-order valence-corrected chi connectivity index (χ3v) is 10.1. The van der Waals surface area contributed by atoms with E-state index in [1.54, 1.807) is 0 Å². The zero-order valence-corrected chi connectivity index (χ0v) is 27.8. The minimum atomic E-state index is -0.630. The Morgan fingerprint density at radius 2 is 1.18 bits per heavy atom. The molecular weight excluding hydrogens is 560 g/mol. The van der Waals surface area contributed by atoms with Crippen molar-refractivity contribution in [3.05, 3.63) is 0 Å². The first-order valence-electron chi connectivity index (χ1n) is 18.3. The molecule has 9 atom stereocenters. The second-order valence-electron chi connectivity index (χ2n) is 14.1. The lowest BCUT2D eigenvalue weighted by Crippen LogP contribution is -2.33. The highest BCUT2D eigenvalue weighted by molar-refractivity contribution is 5.83. The number of ether oxygens (including phenoxy) is 3. The maximum absolute atomic E-state index is 11.9. The number of esters is 1. The molecule has 0 radical (unpaired) electrons. The second kappa shape index (κ2) is 20.9. The molecule has 44 heavy (non-hydrogen) atoms. The van der Waals surface area contributed by atoms with E-state index in [9.17, 15) is 24.9 Å². The van der Waals surface area contributed by atoms with Gasteiger partial charge in [0, 0.05) is 6.42 Å². The topological polar surface area (TPSA) is 123 Å². The molecule has 0 aromatic carbocycles. The van der Waals surface area contributed by atoms with Gasteiger partial charge < -0.3 is 34.3 Å². The summed E-state index contributed by atoms with van der Waals surface area (Å²) < 4.78 is 17.7. The van der Waals surface area contributed by atoms with Crippen LogP contribution in [0.2, 0.25) is 0 Å². The van der Waals surface area contributed by atoms with Gasteiger partial charge in [0.25, 0.3) is 0 Å². The molecule has 0 aromatic heterocycles. The number of hydrogen-bond donors (Lipinski definition) is 3. The molecule has 0 aromatic rings. The third-order valence-electron chi connectivity index (χ3n) is 10.1. The van der Waals surface area contributed by atoms with Crippen LogP contribution < -0.4 is 0 Å². The van der Waals surface area contributed by atoms with Crippen molar-refractivity contribution in [3.8, 4) is 0 Å². The number of hydrogen-bond acceptors (Lipinski definition) is 8. The fourth-order valence-electron chi connectivity index (χ4n) is 7.38. The minimum Gasteiger partial charge on any atom is -0.462 e. The number of rotatable bonds is 24. The van der Waals surface area contributed by atoms with Crippen LogP contribution in [0.4, 0.5) is 0 Å². The standard InChI is InChI=1S/C36H64O8/c1-3-4-5-6-7-8-9-14-17-30(38)34-22-23-35(44-34)32(40)20-19-31(39)33-21-18-28(42-33)15-12-10-11-13-16-29-25-27(24-26(2)37)36(41)43-29/h27-35,38-40H,3-25H2,1-2H3. The van der Waals surface area contributed by atoms with E-state index in [-0.39, 0.29) is 48.2 Å². The lowest BCUT2D eigenvalue weighted by Gasteiger charge is -2.24. The van der Waals surface area contributed by atoms with Gasteiger partial charge >= 0.3 is 5.97 Å². The molecule has 256 valence electrons. The maximum atomic E-state index is 11.9. The Morgan fingerprint density at radius 3 is 1.80 bits per heavy atom. The smallest absolute Gasteiger partial charge is 0.309 e. The number of aliphatic hydroxyl groups excluding tert-OH is 3. The summed E-state index contributed by atoms with van der Waals surface area (Å²) in [4.78, 5) is 23.2. The fourth-order valence-corrected chi connectivity index (χ4v) is 7.38. The summed E-state index contributed by atoms with van der Waals surface area (Å²) in [5.74, 6) is -0.419. The Hall–Kier alpha value is -1.06. The number of carbonyl (C=O) groups is 2. The molecule has 3 fully saturated rings. The summed E-state index contributed by atoms with van der Waals surface area (Å²) in [6.45, 7) is 3.76. The van der Waals surface area contributed by atoms with Crippen molar-refractivity contribution >= 4 is 11.8 Å². The Morgan fingerprint density at radius 1 is 0.682 bits per heavy atom. The number of cyclic esters (lactones) is 1. The van der Waals surface area contributed by atoms with Crippen LogP contribution in [0, 0.1) is 5.92 Å². The number of carbonyl (C=O) groups excluding carboxylic acids is 2. The first-order valence-corrected chi connectivity index (χ1v) is 18.3. The van der Waals surface area contributed by atoms with Crippen molar-refractivity contribution in [2.75, 3.05) is 0 Å². The van der Waals surface area contributed by atoms with E-state index in [4.69, 9.17) is 14.2 Å². The molecule has 8 heteroatoms. The third kappa shape index (κ3) is 13.7. The molecule has 8 nitrogen and oxygen atoms in total. The van der Waals surface area contributed by atoms with E-state index >= 15 is 0 Å². The first-order chi connectivity index (χ1) is 21.3. The van der Waals surface area contributed by atoms with Crippen molar-refractivity contribution in [1.29, 1.82) is 0 Å². The van der Waals surface area contributed by atoms with Crippen LogP contribution in [-0.4, -0.2) is 75.9 Å². The average Bonchev–Trinajstić information content (AvgIpc) is 3.75. The van der Waals surface area contributed by atoms with Gasteiger partial charge in [-0.25, -0.2) is 0 Å². The quantitative estimate of drug-likeness (QED) is 0.0799. The highest BCUT2D eigenvalue weighted by Gasteiger charge is 2.36. The molecule has 0 spiro atoms. The molecule has 3 N–H and O–H groups in total. The summed E-state index contributed by atoms with van der Waals surface area (Å²) in [6.07, 6.45) is 20.0. The molecule has 3 aliphatic heterocycles. The summed E-state index contributed by atoms with van der Waals surface area (Å²) in [7, 11) is 0. The van der Waals surface area contributed by atoms with E-state index in [1.807, 2.05) is 0 Å². The minimum absolute atomic E-state index is 0.0384. The Balaban J connectivity index is 1.18. The molecule has 0 bridgehead atoms. The monoisotopic (exact) mass is 624 g/mol. The van der Waals surface area contributed by atoms with Crippen molar-refractivity contribution in [1.82, 2.24) is 0 Å². The van der Waals surface area contributed by atoms with E-state index in [0.29, 0.717) is 25.7 Å². The van der Waals surface area contributed by atoms with Crippen LogP contribution in [-0.2, 0) is 23.8 Å². The second-order valence-corrected chi connectivity index (χ2v) is 14.1. The molecule has 3 heterocycles. The van der Waals surface area contributed by atoms with E-state index < -0.39 is 18.3 Å². The van der Waals surface area contributed by atoms with Crippen LogP contribution in [0.25, 0.3) is 0 Å². The van der Waals surface area contributed by atoms with E-state index in [0.717, 1.165) is 83.5 Å². The Bertz CT molecular complexity index is 805. The van der Waals surface area contributed by atoms with Gasteiger partial charge in [-0.05, 0) is 77.6 Å². The number of Topliss-reactive ketones (excluding diaryl/α,β-unsaturated/α-hetero) is 1. The number of ketones is 1. The predicted octanol–water partition coefficient (Wildman–Crippen LogP) is 6.73. The fraction of sp³-hybridized carbons (Fsp3) is 0.944. The highest BCUT2D eigenvalue weighted by Crippen LogP contribution is 2.31. The van der Waals surface area contributed by atoms with Gasteiger partial charge in [-0.2, -0.15) is 0 Å². The van der Waals surface area contributed by atoms with Gasteiger partial charge in [0.1, 0.15) is 11.9 Å². The van der Waals surface area contributed by atoms with Crippen molar-refractivity contribution < 1.29 is 39.1 Å². The zero-order chi connectivity index (χ0) is 31.7. The first kappa shape index (κ1) is 37.4. The van der Waals surface area contributed by atoms with Crippen molar-refractivity contribution in [2.24, 2.45) is 5.92 Å². The number of unbranched alkanes of at least 4 members (excludes halogenated alkanes) is 10. The highest BCUT2D eigenvalue weighted by atomic mass is 16.6. The lowest BCUT2D eigenvalue weighted by atomic mass is 9.96. The van der Waals surface area contributed by atoms with Crippen molar-refractivity contribution in [3.63, 3.8) is 0 Å². The van der Waals surface area contributed by atoms with Gasteiger partial charge in [0.05, 0.1) is 48.6 Å². The number of aliphatic hydroxyl groups is 3. The predicted molar refractivity (Wildman–Crippen MR) is 171 cm³/mol. The molecule has 3 aliphatic rings. The van der Waals surface area contributed by atoms with Gasteiger partial charge in [0.2, 0.25) is 0 Å². The van der Waals surface area contributed by atoms with E-state index in [1.165, 1.54) is 45.4 Å². The van der Waals surface area contributed by atoms with Gasteiger partial charge in [-0.15, -0.1) is 0 Å². The summed E-state index contributed by atoms with van der Waals surface area (Å²) in [6, 6.07) is 0. The summed E-state index contributed by atoms with van der Waals surface area (Å²) >= 11 is 0. The zero-order valence-electron chi connectivity index (χ0n) is 27.8. The Labute approximate surface area is 267 Å². The molecule has 0 amide bonds. The molecule has 0 aliphatic carbocycles. The normalized spacial score (nSPS) is 29.2. The molecule has 3 saturated heterocycles.